The lowest BCUT2D eigenvalue weighted by Crippen LogP contribution is -2.40. The van der Waals surface area contributed by atoms with Gasteiger partial charge in [0.05, 0.1) is 10.9 Å². The molecule has 0 saturated heterocycles. The van der Waals surface area contributed by atoms with Crippen LogP contribution < -0.4 is 10.5 Å². The maximum atomic E-state index is 12.2. The van der Waals surface area contributed by atoms with Gasteiger partial charge in [-0.25, -0.2) is 8.42 Å². The number of amidine groups is 1. The fraction of sp³-hybridized carbons (Fsp3) is 0.467. The van der Waals surface area contributed by atoms with Crippen molar-refractivity contribution in [3.8, 4) is 0 Å². The molecule has 2 unspecified atom stereocenters. The van der Waals surface area contributed by atoms with Gasteiger partial charge in [0, 0.05) is 31.6 Å². The van der Waals surface area contributed by atoms with Gasteiger partial charge in [0.1, 0.15) is 5.84 Å². The average molecular weight is 375 g/mol. The molecule has 1 aliphatic heterocycles. The molecule has 3 N–H and O–H groups in total. The highest BCUT2D eigenvalue weighted by Crippen LogP contribution is 2.22. The smallest absolute Gasteiger partial charge is 0.263 e. The molecule has 9 heteroatoms. The molecule has 134 valence electrons. The third-order valence-electron chi connectivity index (χ3n) is 3.88. The Labute approximate surface area is 148 Å². The summed E-state index contributed by atoms with van der Waals surface area (Å²) in [6.07, 6.45) is 0.189. The van der Waals surface area contributed by atoms with Gasteiger partial charge in [-0.3, -0.25) is 14.5 Å². The molecule has 1 amide bonds. The maximum Gasteiger partial charge on any atom is 0.263 e. The van der Waals surface area contributed by atoms with Crippen molar-refractivity contribution < 1.29 is 13.2 Å². The summed E-state index contributed by atoms with van der Waals surface area (Å²) in [5.41, 5.74) is 6.10. The number of fused-ring (bicyclic) bond motifs is 1. The van der Waals surface area contributed by atoms with Crippen molar-refractivity contribution in [1.82, 2.24) is 9.62 Å². The summed E-state index contributed by atoms with van der Waals surface area (Å²) >= 11 is 0. The standard InChI is InChI=1S/C15H22N4O3S.ClH/c1-10(8-14(20)19(3)11(2)9-16)17-15-12-6-4-5-7-13(12)23(21,22)18-15;/h4-7,10-11H,8-9,16H2,1-3H3,(H,17,18);1H. The van der Waals surface area contributed by atoms with Gasteiger partial charge in [-0.1, -0.05) is 12.1 Å². The summed E-state index contributed by atoms with van der Waals surface area (Å²) in [7, 11) is -1.85. The molecule has 0 spiro atoms. The predicted octanol–water partition coefficient (Wildman–Crippen LogP) is 0.731. The Bertz CT molecular complexity index is 736. The van der Waals surface area contributed by atoms with E-state index in [4.69, 9.17) is 5.73 Å². The lowest BCUT2D eigenvalue weighted by atomic mass is 10.1. The normalized spacial score (nSPS) is 18.9. The van der Waals surface area contributed by atoms with E-state index in [0.717, 1.165) is 0 Å². The van der Waals surface area contributed by atoms with E-state index in [1.54, 1.807) is 37.1 Å². The number of nitrogens with two attached hydrogens (primary N) is 1. The van der Waals surface area contributed by atoms with Crippen molar-refractivity contribution in [2.24, 2.45) is 10.7 Å². The van der Waals surface area contributed by atoms with Crippen molar-refractivity contribution in [2.45, 2.75) is 37.2 Å². The first-order valence-electron chi connectivity index (χ1n) is 7.42. The van der Waals surface area contributed by atoms with Gasteiger partial charge in [0.2, 0.25) is 5.91 Å². The Balaban J connectivity index is 0.00000288. The Hall–Kier alpha value is -1.64. The van der Waals surface area contributed by atoms with Crippen LogP contribution in [0.3, 0.4) is 0 Å². The molecule has 0 aromatic heterocycles. The number of halogens is 1. The van der Waals surface area contributed by atoms with Crippen LogP contribution in [0.25, 0.3) is 0 Å². The number of carbonyl (C=O) groups is 1. The second-order valence-electron chi connectivity index (χ2n) is 5.72. The second-order valence-corrected chi connectivity index (χ2v) is 7.37. The highest BCUT2D eigenvalue weighted by atomic mass is 35.5. The first kappa shape index (κ1) is 20.4. The summed E-state index contributed by atoms with van der Waals surface area (Å²) in [5, 5.41) is 0. The second kappa shape index (κ2) is 7.96. The van der Waals surface area contributed by atoms with Gasteiger partial charge in [-0.05, 0) is 26.0 Å². The highest BCUT2D eigenvalue weighted by Gasteiger charge is 2.30. The topological polar surface area (TPSA) is 105 Å². The van der Waals surface area contributed by atoms with Gasteiger partial charge in [-0.15, -0.1) is 12.4 Å². The zero-order chi connectivity index (χ0) is 17.2. The van der Waals surface area contributed by atoms with E-state index >= 15 is 0 Å². The molecule has 2 rings (SSSR count). The molecule has 1 heterocycles. The Morgan fingerprint density at radius 1 is 1.33 bits per heavy atom. The van der Waals surface area contributed by atoms with Gasteiger partial charge >= 0.3 is 0 Å². The fourth-order valence-corrected chi connectivity index (χ4v) is 3.54. The molecular weight excluding hydrogens is 352 g/mol. The van der Waals surface area contributed by atoms with E-state index in [2.05, 4.69) is 9.71 Å². The van der Waals surface area contributed by atoms with Crippen LogP contribution in [0.1, 0.15) is 25.8 Å². The Morgan fingerprint density at radius 3 is 2.58 bits per heavy atom. The summed E-state index contributed by atoms with van der Waals surface area (Å²) in [4.78, 5) is 18.3. The SMILES string of the molecule is CC(CC(=O)N(C)C(C)CN)N=C1NS(=O)(=O)c2ccccc21.Cl. The molecule has 7 nitrogen and oxygen atoms in total. The van der Waals surface area contributed by atoms with Crippen LogP contribution in [0.15, 0.2) is 34.2 Å². The summed E-state index contributed by atoms with van der Waals surface area (Å²) in [5.74, 6) is 0.212. The molecule has 1 aliphatic rings. The van der Waals surface area contributed by atoms with Crippen molar-refractivity contribution in [2.75, 3.05) is 13.6 Å². The highest BCUT2D eigenvalue weighted by molar-refractivity contribution is 7.90. The zero-order valence-corrected chi connectivity index (χ0v) is 15.5. The van der Waals surface area contributed by atoms with E-state index < -0.39 is 10.0 Å². The van der Waals surface area contributed by atoms with Crippen LogP contribution in [-0.4, -0.2) is 50.7 Å². The third kappa shape index (κ3) is 4.25. The molecule has 0 fully saturated rings. The number of carbonyl (C=O) groups excluding carboxylic acids is 1. The number of rotatable bonds is 5. The largest absolute Gasteiger partial charge is 0.342 e. The van der Waals surface area contributed by atoms with Crippen LogP contribution in [0.2, 0.25) is 0 Å². The molecule has 0 aliphatic carbocycles. The van der Waals surface area contributed by atoms with Gasteiger partial charge in [0.15, 0.2) is 0 Å². The fourth-order valence-electron chi connectivity index (χ4n) is 2.30. The lowest BCUT2D eigenvalue weighted by molar-refractivity contribution is -0.131. The molecule has 24 heavy (non-hydrogen) atoms. The number of hydrogen-bond acceptors (Lipinski definition) is 5. The van der Waals surface area contributed by atoms with Crippen molar-refractivity contribution in [3.63, 3.8) is 0 Å². The van der Waals surface area contributed by atoms with E-state index in [9.17, 15) is 13.2 Å². The number of sulfonamides is 1. The Kier molecular flexibility index (Phi) is 6.76. The van der Waals surface area contributed by atoms with Crippen LogP contribution in [0.4, 0.5) is 0 Å². The minimum absolute atomic E-state index is 0. The third-order valence-corrected chi connectivity index (χ3v) is 5.28. The van der Waals surface area contributed by atoms with Crippen molar-refractivity contribution >= 4 is 34.2 Å². The van der Waals surface area contributed by atoms with Gasteiger partial charge in [0.25, 0.3) is 10.0 Å². The minimum atomic E-state index is -3.56. The predicted molar refractivity (Wildman–Crippen MR) is 95.9 cm³/mol. The van der Waals surface area contributed by atoms with E-state index in [1.165, 1.54) is 6.07 Å². The van der Waals surface area contributed by atoms with E-state index in [0.29, 0.717) is 12.1 Å². The molecule has 0 saturated carbocycles. The molecular formula is C15H23ClN4O3S. The quantitative estimate of drug-likeness (QED) is 0.792. The first-order chi connectivity index (χ1) is 10.8. The van der Waals surface area contributed by atoms with Crippen molar-refractivity contribution in [3.05, 3.63) is 29.8 Å². The zero-order valence-electron chi connectivity index (χ0n) is 13.9. The number of nitrogens with one attached hydrogen (secondary N) is 1. The first-order valence-corrected chi connectivity index (χ1v) is 8.90. The average Bonchev–Trinajstić information content (AvgIpc) is 2.76. The molecule has 0 bridgehead atoms. The van der Waals surface area contributed by atoms with Crippen LogP contribution >= 0.6 is 12.4 Å². The Morgan fingerprint density at radius 2 is 1.96 bits per heavy atom. The van der Waals surface area contributed by atoms with Crippen LogP contribution in [0.5, 0.6) is 0 Å². The molecule has 0 radical (unpaired) electrons. The van der Waals surface area contributed by atoms with Gasteiger partial charge in [-0.2, -0.15) is 0 Å². The van der Waals surface area contributed by atoms with Crippen molar-refractivity contribution in [1.29, 1.82) is 0 Å². The number of likely N-dealkylation sites (N-methyl/N-ethyl adjacent to an activating group) is 1. The van der Waals surface area contributed by atoms with Crippen LogP contribution in [0, 0.1) is 0 Å². The van der Waals surface area contributed by atoms with Gasteiger partial charge < -0.3 is 10.6 Å². The van der Waals surface area contributed by atoms with Crippen LogP contribution in [-0.2, 0) is 14.8 Å². The summed E-state index contributed by atoms with van der Waals surface area (Å²) < 4.78 is 26.5. The minimum Gasteiger partial charge on any atom is -0.342 e. The van der Waals surface area contributed by atoms with E-state index in [1.807, 2.05) is 6.92 Å². The molecule has 1 aromatic carbocycles. The number of benzene rings is 1. The molecule has 2 atom stereocenters. The van der Waals surface area contributed by atoms with E-state index in [-0.39, 0.29) is 47.5 Å². The lowest BCUT2D eigenvalue weighted by Gasteiger charge is -2.24. The number of nitrogens with zero attached hydrogens (tertiary/aromatic N) is 2. The maximum absolute atomic E-state index is 12.2. The number of aliphatic imine (C=N–C) groups is 1. The number of amides is 1. The summed E-state index contributed by atoms with van der Waals surface area (Å²) in [6.45, 7) is 4.04. The molecule has 1 aromatic rings. The number of hydrogen-bond donors (Lipinski definition) is 2. The monoisotopic (exact) mass is 374 g/mol. The summed E-state index contributed by atoms with van der Waals surface area (Å²) in [6, 6.07) is 6.25.